The molecule has 4 nitrogen and oxygen atoms in total. The summed E-state index contributed by atoms with van der Waals surface area (Å²) >= 11 is 0. The van der Waals surface area contributed by atoms with Gasteiger partial charge >= 0.3 is 0 Å². The van der Waals surface area contributed by atoms with Crippen molar-refractivity contribution >= 4 is 5.91 Å². The Kier molecular flexibility index (Phi) is 4.22. The first-order chi connectivity index (χ1) is 9.00. The molecular formula is C15H22N2O2. The quantitative estimate of drug-likeness (QED) is 0.892. The van der Waals surface area contributed by atoms with Gasteiger partial charge in [0.2, 0.25) is 5.91 Å². The van der Waals surface area contributed by atoms with E-state index in [1.165, 1.54) is 0 Å². The second kappa shape index (κ2) is 5.72. The molecule has 1 aromatic carbocycles. The summed E-state index contributed by atoms with van der Waals surface area (Å²) in [4.78, 5) is 13.9. The molecule has 0 bridgehead atoms. The van der Waals surface area contributed by atoms with E-state index >= 15 is 0 Å². The van der Waals surface area contributed by atoms with Gasteiger partial charge in [0.05, 0.1) is 13.2 Å². The number of carbonyl (C=O) groups is 1. The first-order valence-electron chi connectivity index (χ1n) is 6.70. The molecule has 1 aliphatic heterocycles. The van der Waals surface area contributed by atoms with Crippen LogP contribution < -0.4 is 5.73 Å². The number of amides is 1. The van der Waals surface area contributed by atoms with Crippen LogP contribution in [0.15, 0.2) is 24.3 Å². The summed E-state index contributed by atoms with van der Waals surface area (Å²) in [6, 6.07) is 7.62. The van der Waals surface area contributed by atoms with Crippen LogP contribution in [0.4, 0.5) is 0 Å². The lowest BCUT2D eigenvalue weighted by Crippen LogP contribution is -2.44. The average molecular weight is 262 g/mol. The lowest BCUT2D eigenvalue weighted by Gasteiger charge is -2.35. The van der Waals surface area contributed by atoms with Gasteiger partial charge in [-0.2, -0.15) is 0 Å². The molecule has 0 spiro atoms. The van der Waals surface area contributed by atoms with Gasteiger partial charge in [0.15, 0.2) is 0 Å². The Hall–Kier alpha value is -1.39. The van der Waals surface area contributed by atoms with Crippen LogP contribution in [0.5, 0.6) is 0 Å². The SMILES string of the molecule is CC(C)(CN1CCOCC1)c1ccccc1C(N)=O. The number of rotatable bonds is 4. The molecule has 1 fully saturated rings. The smallest absolute Gasteiger partial charge is 0.248 e. The van der Waals surface area contributed by atoms with Crippen LogP contribution in [0.2, 0.25) is 0 Å². The zero-order chi connectivity index (χ0) is 13.9. The van der Waals surface area contributed by atoms with Crippen LogP contribution >= 0.6 is 0 Å². The number of hydrogen-bond acceptors (Lipinski definition) is 3. The highest BCUT2D eigenvalue weighted by Crippen LogP contribution is 2.27. The monoisotopic (exact) mass is 262 g/mol. The maximum atomic E-state index is 11.5. The molecule has 1 saturated heterocycles. The summed E-state index contributed by atoms with van der Waals surface area (Å²) < 4.78 is 5.37. The van der Waals surface area contributed by atoms with Gasteiger partial charge in [-0.05, 0) is 11.6 Å². The first-order valence-corrected chi connectivity index (χ1v) is 6.70. The van der Waals surface area contributed by atoms with Crippen molar-refractivity contribution in [3.8, 4) is 0 Å². The summed E-state index contributed by atoms with van der Waals surface area (Å²) in [6.07, 6.45) is 0. The third-order valence-electron chi connectivity index (χ3n) is 3.64. The Morgan fingerprint density at radius 1 is 1.32 bits per heavy atom. The van der Waals surface area contributed by atoms with Gasteiger partial charge in [0.25, 0.3) is 0 Å². The third-order valence-corrected chi connectivity index (χ3v) is 3.64. The van der Waals surface area contributed by atoms with Gasteiger partial charge in [-0.3, -0.25) is 9.69 Å². The average Bonchev–Trinajstić information content (AvgIpc) is 2.39. The van der Waals surface area contributed by atoms with Gasteiger partial charge in [0, 0.05) is 30.6 Å². The van der Waals surface area contributed by atoms with Crippen molar-refractivity contribution in [2.75, 3.05) is 32.8 Å². The summed E-state index contributed by atoms with van der Waals surface area (Å²) in [7, 11) is 0. The zero-order valence-corrected chi connectivity index (χ0v) is 11.7. The molecule has 1 amide bonds. The van der Waals surface area contributed by atoms with Gasteiger partial charge in [-0.25, -0.2) is 0 Å². The van der Waals surface area contributed by atoms with E-state index in [1.54, 1.807) is 6.07 Å². The molecule has 0 atom stereocenters. The highest BCUT2D eigenvalue weighted by Gasteiger charge is 2.28. The fraction of sp³-hybridized carbons (Fsp3) is 0.533. The molecule has 4 heteroatoms. The molecule has 0 aromatic heterocycles. The van der Waals surface area contributed by atoms with Crippen molar-refractivity contribution < 1.29 is 9.53 Å². The predicted octanol–water partition coefficient (Wildman–Crippen LogP) is 1.40. The van der Waals surface area contributed by atoms with E-state index in [0.717, 1.165) is 38.4 Å². The molecule has 19 heavy (non-hydrogen) atoms. The highest BCUT2D eigenvalue weighted by molar-refractivity contribution is 5.94. The lowest BCUT2D eigenvalue weighted by atomic mass is 9.81. The van der Waals surface area contributed by atoms with Crippen molar-refractivity contribution in [1.29, 1.82) is 0 Å². The Bertz CT molecular complexity index is 451. The Balaban J connectivity index is 2.20. The van der Waals surface area contributed by atoms with E-state index in [2.05, 4.69) is 18.7 Å². The summed E-state index contributed by atoms with van der Waals surface area (Å²) in [5.74, 6) is -0.356. The van der Waals surface area contributed by atoms with Crippen molar-refractivity contribution in [1.82, 2.24) is 4.90 Å². The van der Waals surface area contributed by atoms with Crippen LogP contribution in [0, 0.1) is 0 Å². The number of morpholine rings is 1. The number of ether oxygens (including phenoxy) is 1. The number of hydrogen-bond donors (Lipinski definition) is 1. The van der Waals surface area contributed by atoms with Crippen LogP contribution in [0.3, 0.4) is 0 Å². The van der Waals surface area contributed by atoms with Crippen molar-refractivity contribution in [3.05, 3.63) is 35.4 Å². The molecule has 0 unspecified atom stereocenters. The zero-order valence-electron chi connectivity index (χ0n) is 11.7. The third kappa shape index (κ3) is 3.33. The molecule has 2 rings (SSSR count). The fourth-order valence-electron chi connectivity index (χ4n) is 2.69. The molecule has 104 valence electrons. The summed E-state index contributed by atoms with van der Waals surface area (Å²) in [5, 5.41) is 0. The molecule has 2 N–H and O–H groups in total. The number of benzene rings is 1. The summed E-state index contributed by atoms with van der Waals surface area (Å²) in [5.41, 5.74) is 7.01. The minimum Gasteiger partial charge on any atom is -0.379 e. The van der Waals surface area contributed by atoms with Crippen molar-refractivity contribution in [2.45, 2.75) is 19.3 Å². The molecule has 1 aromatic rings. The van der Waals surface area contributed by atoms with Crippen LogP contribution in [0.1, 0.15) is 29.8 Å². The number of carbonyl (C=O) groups excluding carboxylic acids is 1. The van der Waals surface area contributed by atoms with E-state index in [9.17, 15) is 4.79 Å². The minimum atomic E-state index is -0.356. The normalized spacial score (nSPS) is 17.4. The topological polar surface area (TPSA) is 55.6 Å². The number of nitrogens with zero attached hydrogens (tertiary/aromatic N) is 1. The van der Waals surface area contributed by atoms with E-state index in [4.69, 9.17) is 10.5 Å². The van der Waals surface area contributed by atoms with Crippen LogP contribution in [0.25, 0.3) is 0 Å². The van der Waals surface area contributed by atoms with Gasteiger partial charge in [-0.1, -0.05) is 32.0 Å². The van der Waals surface area contributed by atoms with Crippen molar-refractivity contribution in [3.63, 3.8) is 0 Å². The van der Waals surface area contributed by atoms with Gasteiger partial charge in [0.1, 0.15) is 0 Å². The Labute approximate surface area is 114 Å². The van der Waals surface area contributed by atoms with E-state index in [1.807, 2.05) is 18.2 Å². The van der Waals surface area contributed by atoms with Gasteiger partial charge in [-0.15, -0.1) is 0 Å². The molecule has 1 aliphatic rings. The predicted molar refractivity (Wildman–Crippen MR) is 75.2 cm³/mol. The first kappa shape index (κ1) is 14.0. The van der Waals surface area contributed by atoms with Crippen molar-refractivity contribution in [2.24, 2.45) is 5.73 Å². The maximum Gasteiger partial charge on any atom is 0.248 e. The maximum absolute atomic E-state index is 11.5. The molecule has 0 radical (unpaired) electrons. The Morgan fingerprint density at radius 3 is 2.58 bits per heavy atom. The summed E-state index contributed by atoms with van der Waals surface area (Å²) in [6.45, 7) is 8.68. The fourth-order valence-corrected chi connectivity index (χ4v) is 2.69. The molecule has 0 aliphatic carbocycles. The van der Waals surface area contributed by atoms with E-state index < -0.39 is 0 Å². The number of primary amides is 1. The second-order valence-electron chi connectivity index (χ2n) is 5.68. The Morgan fingerprint density at radius 2 is 1.95 bits per heavy atom. The number of nitrogens with two attached hydrogens (primary N) is 1. The molecule has 1 heterocycles. The molecular weight excluding hydrogens is 240 g/mol. The highest BCUT2D eigenvalue weighted by atomic mass is 16.5. The minimum absolute atomic E-state index is 0.108. The molecule has 0 saturated carbocycles. The largest absolute Gasteiger partial charge is 0.379 e. The van der Waals surface area contributed by atoms with Crippen LogP contribution in [-0.2, 0) is 10.2 Å². The van der Waals surface area contributed by atoms with Gasteiger partial charge < -0.3 is 10.5 Å². The second-order valence-corrected chi connectivity index (χ2v) is 5.68. The van der Waals surface area contributed by atoms with E-state index in [0.29, 0.717) is 5.56 Å². The van der Waals surface area contributed by atoms with E-state index in [-0.39, 0.29) is 11.3 Å². The van der Waals surface area contributed by atoms with Crippen LogP contribution in [-0.4, -0.2) is 43.7 Å². The lowest BCUT2D eigenvalue weighted by molar-refractivity contribution is 0.0295. The standard InChI is InChI=1S/C15H22N2O2/c1-15(2,11-17-7-9-19-10-8-17)13-6-4-3-5-12(13)14(16)18/h3-6H,7-11H2,1-2H3,(H2,16,18).